The van der Waals surface area contributed by atoms with Gasteiger partial charge in [-0.25, -0.2) is 0 Å². The van der Waals surface area contributed by atoms with Crippen molar-refractivity contribution in [3.63, 3.8) is 0 Å². The van der Waals surface area contributed by atoms with Crippen LogP contribution in [0.4, 0.5) is 0 Å². The molecule has 0 aromatic carbocycles. The minimum atomic E-state index is 0.368. The van der Waals surface area contributed by atoms with E-state index in [0.29, 0.717) is 6.04 Å². The number of nitrogens with zero attached hydrogens (tertiary/aromatic N) is 1. The van der Waals surface area contributed by atoms with Crippen molar-refractivity contribution in [3.8, 4) is 0 Å². The summed E-state index contributed by atoms with van der Waals surface area (Å²) in [6.07, 6.45) is 4.39. The molecule has 1 unspecified atom stereocenters. The molecule has 1 N–H and O–H groups in total. The van der Waals surface area contributed by atoms with Gasteiger partial charge in [0, 0.05) is 18.0 Å². The Balaban J connectivity index is 1.60. The molecule has 0 aliphatic carbocycles. The van der Waals surface area contributed by atoms with Gasteiger partial charge in [0.05, 0.1) is 12.3 Å². The van der Waals surface area contributed by atoms with Gasteiger partial charge < -0.3 is 9.73 Å². The monoisotopic (exact) mass is 290 g/mol. The summed E-state index contributed by atoms with van der Waals surface area (Å²) >= 11 is 1.83. The lowest BCUT2D eigenvalue weighted by Gasteiger charge is -2.26. The molecule has 3 rings (SSSR count). The number of nitrogens with one attached hydrogen (secondary N) is 1. The zero-order valence-corrected chi connectivity index (χ0v) is 12.8. The van der Waals surface area contributed by atoms with Crippen molar-refractivity contribution in [3.05, 3.63) is 46.0 Å². The van der Waals surface area contributed by atoms with Crippen molar-refractivity contribution < 1.29 is 4.42 Å². The SMILES string of the molecule is Cc1ccsc1CNCC(c1ccco1)N1CCCC1. The van der Waals surface area contributed by atoms with Crippen LogP contribution in [-0.4, -0.2) is 24.5 Å². The van der Waals surface area contributed by atoms with Crippen LogP contribution in [-0.2, 0) is 6.54 Å². The summed E-state index contributed by atoms with van der Waals surface area (Å²) in [5.41, 5.74) is 1.39. The first-order chi connectivity index (χ1) is 9.84. The maximum absolute atomic E-state index is 5.64. The molecule has 1 aliphatic heterocycles. The molecule has 20 heavy (non-hydrogen) atoms. The zero-order chi connectivity index (χ0) is 13.8. The fourth-order valence-corrected chi connectivity index (χ4v) is 3.73. The van der Waals surface area contributed by atoms with E-state index in [9.17, 15) is 0 Å². The summed E-state index contributed by atoms with van der Waals surface area (Å²) < 4.78 is 5.64. The molecular weight excluding hydrogens is 268 g/mol. The third-order valence-electron chi connectivity index (χ3n) is 4.04. The van der Waals surface area contributed by atoms with E-state index in [1.54, 1.807) is 6.26 Å². The van der Waals surface area contributed by atoms with Crippen molar-refractivity contribution >= 4 is 11.3 Å². The summed E-state index contributed by atoms with van der Waals surface area (Å²) in [6, 6.07) is 6.64. The van der Waals surface area contributed by atoms with E-state index in [1.165, 1.54) is 36.4 Å². The minimum absolute atomic E-state index is 0.368. The van der Waals surface area contributed by atoms with Crippen LogP contribution in [0.15, 0.2) is 34.3 Å². The van der Waals surface area contributed by atoms with Crippen molar-refractivity contribution in [1.29, 1.82) is 0 Å². The fourth-order valence-electron chi connectivity index (χ4n) is 2.85. The van der Waals surface area contributed by atoms with Gasteiger partial charge in [0.1, 0.15) is 5.76 Å². The average Bonchev–Trinajstić information content (AvgIpc) is 3.18. The van der Waals surface area contributed by atoms with Gasteiger partial charge in [-0.3, -0.25) is 4.90 Å². The lowest BCUT2D eigenvalue weighted by Crippen LogP contribution is -2.33. The second-order valence-corrected chi connectivity index (χ2v) is 6.43. The van der Waals surface area contributed by atoms with E-state index < -0.39 is 0 Å². The quantitative estimate of drug-likeness (QED) is 0.881. The summed E-state index contributed by atoms with van der Waals surface area (Å²) in [4.78, 5) is 3.97. The molecular formula is C16H22N2OS. The van der Waals surface area contributed by atoms with Gasteiger partial charge >= 0.3 is 0 Å². The highest BCUT2D eigenvalue weighted by atomic mass is 32.1. The number of hydrogen-bond acceptors (Lipinski definition) is 4. The average molecular weight is 290 g/mol. The van der Waals surface area contributed by atoms with Crippen LogP contribution in [0.1, 0.15) is 35.1 Å². The zero-order valence-electron chi connectivity index (χ0n) is 12.0. The Kier molecular flexibility index (Phi) is 4.55. The highest BCUT2D eigenvalue weighted by Gasteiger charge is 2.25. The molecule has 3 heterocycles. The largest absolute Gasteiger partial charge is 0.468 e. The third kappa shape index (κ3) is 3.14. The first-order valence-corrected chi connectivity index (χ1v) is 8.23. The van der Waals surface area contributed by atoms with Crippen LogP contribution >= 0.6 is 11.3 Å². The fraction of sp³-hybridized carbons (Fsp3) is 0.500. The van der Waals surface area contributed by atoms with Crippen LogP contribution in [0.25, 0.3) is 0 Å². The van der Waals surface area contributed by atoms with Gasteiger partial charge in [0.15, 0.2) is 0 Å². The summed E-state index contributed by atoms with van der Waals surface area (Å²) in [5.74, 6) is 1.09. The lowest BCUT2D eigenvalue weighted by atomic mass is 10.2. The maximum atomic E-state index is 5.64. The Labute approximate surface area is 124 Å². The maximum Gasteiger partial charge on any atom is 0.122 e. The van der Waals surface area contributed by atoms with Crippen molar-refractivity contribution in [2.45, 2.75) is 32.4 Å². The summed E-state index contributed by atoms with van der Waals surface area (Å²) in [7, 11) is 0. The summed E-state index contributed by atoms with van der Waals surface area (Å²) in [6.45, 7) is 6.45. The molecule has 4 heteroatoms. The Hall–Kier alpha value is -1.10. The standard InChI is InChI=1S/C16H22N2OS/c1-13-6-10-20-16(13)12-17-11-14(15-5-4-9-19-15)18-7-2-3-8-18/h4-6,9-10,14,17H,2-3,7-8,11-12H2,1H3. The molecule has 1 atom stereocenters. The first-order valence-electron chi connectivity index (χ1n) is 7.36. The predicted molar refractivity (Wildman–Crippen MR) is 83.0 cm³/mol. The molecule has 0 spiro atoms. The van der Waals surface area contributed by atoms with Crippen LogP contribution in [0.5, 0.6) is 0 Å². The van der Waals surface area contributed by atoms with Crippen LogP contribution < -0.4 is 5.32 Å². The van der Waals surface area contributed by atoms with Gasteiger partial charge in [0.25, 0.3) is 0 Å². The molecule has 2 aromatic heterocycles. The normalized spacial score (nSPS) is 17.6. The molecule has 108 valence electrons. The minimum Gasteiger partial charge on any atom is -0.468 e. The Morgan fingerprint density at radius 1 is 1.35 bits per heavy atom. The van der Waals surface area contributed by atoms with E-state index >= 15 is 0 Å². The third-order valence-corrected chi connectivity index (χ3v) is 5.07. The molecule has 2 aromatic rings. The molecule has 3 nitrogen and oxygen atoms in total. The van der Waals surface area contributed by atoms with E-state index in [-0.39, 0.29) is 0 Å². The Morgan fingerprint density at radius 2 is 2.20 bits per heavy atom. The molecule has 0 bridgehead atoms. The smallest absolute Gasteiger partial charge is 0.122 e. The van der Waals surface area contributed by atoms with E-state index in [4.69, 9.17) is 4.42 Å². The van der Waals surface area contributed by atoms with Crippen molar-refractivity contribution in [2.24, 2.45) is 0 Å². The molecule has 1 aliphatic rings. The van der Waals surface area contributed by atoms with Crippen LogP contribution in [0, 0.1) is 6.92 Å². The number of aryl methyl sites for hydroxylation is 1. The number of hydrogen-bond donors (Lipinski definition) is 1. The van der Waals surface area contributed by atoms with E-state index in [1.807, 2.05) is 17.4 Å². The predicted octanol–water partition coefficient (Wildman–Crippen LogP) is 3.58. The Bertz CT molecular complexity index is 514. The number of thiophene rings is 1. The van der Waals surface area contributed by atoms with Gasteiger partial charge in [-0.15, -0.1) is 11.3 Å². The molecule has 0 amide bonds. The molecule has 0 saturated carbocycles. The van der Waals surface area contributed by atoms with Crippen LogP contribution in [0.2, 0.25) is 0 Å². The highest BCUT2D eigenvalue weighted by molar-refractivity contribution is 7.10. The van der Waals surface area contributed by atoms with Gasteiger partial charge in [-0.05, 0) is 62.0 Å². The van der Waals surface area contributed by atoms with Crippen LogP contribution in [0.3, 0.4) is 0 Å². The first kappa shape index (κ1) is 13.9. The second-order valence-electron chi connectivity index (χ2n) is 5.43. The molecule has 1 saturated heterocycles. The molecule has 0 radical (unpaired) electrons. The van der Waals surface area contributed by atoms with E-state index in [2.05, 4.69) is 34.7 Å². The van der Waals surface area contributed by atoms with Crippen molar-refractivity contribution in [2.75, 3.05) is 19.6 Å². The van der Waals surface area contributed by atoms with Gasteiger partial charge in [-0.2, -0.15) is 0 Å². The van der Waals surface area contributed by atoms with E-state index in [0.717, 1.165) is 18.8 Å². The number of furan rings is 1. The number of likely N-dealkylation sites (tertiary alicyclic amines) is 1. The lowest BCUT2D eigenvalue weighted by molar-refractivity contribution is 0.209. The second kappa shape index (κ2) is 6.57. The topological polar surface area (TPSA) is 28.4 Å². The summed E-state index contributed by atoms with van der Waals surface area (Å²) in [5, 5.41) is 5.77. The Morgan fingerprint density at radius 3 is 2.85 bits per heavy atom. The van der Waals surface area contributed by atoms with Gasteiger partial charge in [0.2, 0.25) is 0 Å². The number of rotatable bonds is 6. The highest BCUT2D eigenvalue weighted by Crippen LogP contribution is 2.25. The van der Waals surface area contributed by atoms with Gasteiger partial charge in [-0.1, -0.05) is 0 Å². The molecule has 1 fully saturated rings. The van der Waals surface area contributed by atoms with Crippen molar-refractivity contribution in [1.82, 2.24) is 10.2 Å².